The highest BCUT2D eigenvalue weighted by Crippen LogP contribution is 2.16. The minimum atomic E-state index is 0.801. The Labute approximate surface area is 78.0 Å². The highest BCUT2D eigenvalue weighted by molar-refractivity contribution is 5.52. The van der Waals surface area contributed by atoms with Crippen molar-refractivity contribution in [2.45, 2.75) is 0 Å². The second-order valence-corrected chi connectivity index (χ2v) is 3.02. The van der Waals surface area contributed by atoms with Crippen molar-refractivity contribution in [1.82, 2.24) is 0 Å². The van der Waals surface area contributed by atoms with Crippen LogP contribution < -0.4 is 10.6 Å². The molecule has 0 saturated heterocycles. The van der Waals surface area contributed by atoms with Gasteiger partial charge in [-0.3, -0.25) is 0 Å². The molecule has 0 aromatic heterocycles. The molecule has 1 heterocycles. The van der Waals surface area contributed by atoms with Gasteiger partial charge in [0.2, 0.25) is 0 Å². The van der Waals surface area contributed by atoms with Crippen LogP contribution in [0.3, 0.4) is 0 Å². The number of hydrogen-bond donors (Lipinski definition) is 1. The van der Waals surface area contributed by atoms with Crippen molar-refractivity contribution in [2.24, 2.45) is 5.73 Å². The van der Waals surface area contributed by atoms with E-state index in [9.17, 15) is 0 Å². The summed E-state index contributed by atoms with van der Waals surface area (Å²) in [6.45, 7) is 0.894. The lowest BCUT2D eigenvalue weighted by molar-refractivity contribution is 1.05. The third-order valence-electron chi connectivity index (χ3n) is 2.01. The van der Waals surface area contributed by atoms with Gasteiger partial charge in [-0.25, -0.2) is 0 Å². The van der Waals surface area contributed by atoms with Crippen LogP contribution in [0.4, 0.5) is 5.69 Å². The molecule has 0 fully saturated rings. The standard InChI is InChI=1S/C11H12N2/c12-10-5-4-8-13(9-10)11-6-2-1-3-7-11/h1-7,9H,8,12H2. The molecule has 66 valence electrons. The molecule has 0 amide bonds. The zero-order valence-electron chi connectivity index (χ0n) is 7.35. The Bertz CT molecular complexity index is 338. The molecule has 0 bridgehead atoms. The van der Waals surface area contributed by atoms with Crippen molar-refractivity contribution < 1.29 is 0 Å². The van der Waals surface area contributed by atoms with Gasteiger partial charge in [0.25, 0.3) is 0 Å². The molecule has 2 heteroatoms. The molecule has 13 heavy (non-hydrogen) atoms. The van der Waals surface area contributed by atoms with Crippen LogP contribution in [0.25, 0.3) is 0 Å². The molecule has 1 aliphatic heterocycles. The highest BCUT2D eigenvalue weighted by Gasteiger charge is 2.03. The van der Waals surface area contributed by atoms with E-state index in [4.69, 9.17) is 5.73 Å². The Morgan fingerprint density at radius 2 is 1.92 bits per heavy atom. The number of allylic oxidation sites excluding steroid dienone is 1. The smallest absolute Gasteiger partial charge is 0.0476 e. The molecular formula is C11H12N2. The molecule has 2 rings (SSSR count). The number of benzene rings is 1. The molecular weight excluding hydrogens is 160 g/mol. The van der Waals surface area contributed by atoms with E-state index < -0.39 is 0 Å². The largest absolute Gasteiger partial charge is 0.398 e. The average Bonchev–Trinajstić information content (AvgIpc) is 2.19. The van der Waals surface area contributed by atoms with Crippen molar-refractivity contribution >= 4 is 5.69 Å². The first-order valence-corrected chi connectivity index (χ1v) is 4.32. The van der Waals surface area contributed by atoms with E-state index in [-0.39, 0.29) is 0 Å². The fourth-order valence-corrected chi connectivity index (χ4v) is 1.38. The van der Waals surface area contributed by atoms with Crippen molar-refractivity contribution in [2.75, 3.05) is 11.4 Å². The molecule has 2 nitrogen and oxygen atoms in total. The van der Waals surface area contributed by atoms with Crippen LogP contribution in [-0.2, 0) is 0 Å². The maximum absolute atomic E-state index is 5.70. The van der Waals surface area contributed by atoms with Gasteiger partial charge in [-0.1, -0.05) is 24.3 Å². The maximum Gasteiger partial charge on any atom is 0.0476 e. The Balaban J connectivity index is 2.24. The van der Waals surface area contributed by atoms with E-state index in [0.717, 1.165) is 12.2 Å². The predicted octanol–water partition coefficient (Wildman–Crippen LogP) is 1.86. The number of rotatable bonds is 1. The van der Waals surface area contributed by atoms with Gasteiger partial charge in [-0.2, -0.15) is 0 Å². The first kappa shape index (κ1) is 7.92. The minimum absolute atomic E-state index is 0.801. The summed E-state index contributed by atoms with van der Waals surface area (Å²) in [7, 11) is 0. The Hall–Kier alpha value is -1.70. The van der Waals surface area contributed by atoms with E-state index >= 15 is 0 Å². The first-order valence-electron chi connectivity index (χ1n) is 4.32. The fourth-order valence-electron chi connectivity index (χ4n) is 1.38. The molecule has 0 radical (unpaired) electrons. The number of para-hydroxylation sites is 1. The second-order valence-electron chi connectivity index (χ2n) is 3.02. The number of nitrogens with zero attached hydrogens (tertiary/aromatic N) is 1. The number of nitrogens with two attached hydrogens (primary N) is 1. The van der Waals surface area contributed by atoms with Gasteiger partial charge in [0, 0.05) is 24.1 Å². The molecule has 0 unspecified atom stereocenters. The summed E-state index contributed by atoms with van der Waals surface area (Å²) >= 11 is 0. The lowest BCUT2D eigenvalue weighted by atomic mass is 10.2. The third kappa shape index (κ3) is 1.72. The number of anilines is 1. The Morgan fingerprint density at radius 1 is 1.15 bits per heavy atom. The summed E-state index contributed by atoms with van der Waals surface area (Å²) in [6.07, 6.45) is 5.94. The van der Waals surface area contributed by atoms with Gasteiger partial charge in [-0.05, 0) is 18.2 Å². The highest BCUT2D eigenvalue weighted by atomic mass is 15.1. The first-order chi connectivity index (χ1) is 6.36. The molecule has 1 aromatic carbocycles. The van der Waals surface area contributed by atoms with Gasteiger partial charge in [0.1, 0.15) is 0 Å². The lowest BCUT2D eigenvalue weighted by Gasteiger charge is -2.21. The molecule has 1 aliphatic rings. The molecule has 0 spiro atoms. The normalized spacial score (nSPS) is 15.7. The fraction of sp³-hybridized carbons (Fsp3) is 0.0909. The van der Waals surface area contributed by atoms with Crippen LogP contribution in [0.15, 0.2) is 54.4 Å². The SMILES string of the molecule is NC1=CN(c2ccccc2)CC=C1. The topological polar surface area (TPSA) is 29.3 Å². The summed E-state index contributed by atoms with van der Waals surface area (Å²) in [5.41, 5.74) is 7.67. The minimum Gasteiger partial charge on any atom is -0.398 e. The quantitative estimate of drug-likeness (QED) is 0.700. The monoisotopic (exact) mass is 172 g/mol. The zero-order valence-corrected chi connectivity index (χ0v) is 7.35. The number of hydrogen-bond acceptors (Lipinski definition) is 2. The summed E-state index contributed by atoms with van der Waals surface area (Å²) < 4.78 is 0. The summed E-state index contributed by atoms with van der Waals surface area (Å²) in [5, 5.41) is 0. The van der Waals surface area contributed by atoms with E-state index in [1.54, 1.807) is 0 Å². The summed E-state index contributed by atoms with van der Waals surface area (Å²) in [4.78, 5) is 2.12. The van der Waals surface area contributed by atoms with Crippen molar-refractivity contribution in [3.05, 3.63) is 54.4 Å². The van der Waals surface area contributed by atoms with Gasteiger partial charge in [0.05, 0.1) is 0 Å². The average molecular weight is 172 g/mol. The van der Waals surface area contributed by atoms with Gasteiger partial charge in [-0.15, -0.1) is 0 Å². The summed E-state index contributed by atoms with van der Waals surface area (Å²) in [6, 6.07) is 10.2. The van der Waals surface area contributed by atoms with Crippen molar-refractivity contribution in [1.29, 1.82) is 0 Å². The van der Waals surface area contributed by atoms with Gasteiger partial charge < -0.3 is 10.6 Å². The zero-order chi connectivity index (χ0) is 9.10. The van der Waals surface area contributed by atoms with Crippen molar-refractivity contribution in [3.8, 4) is 0 Å². The van der Waals surface area contributed by atoms with E-state index in [1.165, 1.54) is 5.69 Å². The van der Waals surface area contributed by atoms with E-state index in [1.807, 2.05) is 30.5 Å². The van der Waals surface area contributed by atoms with Crippen LogP contribution in [0.2, 0.25) is 0 Å². The van der Waals surface area contributed by atoms with Crippen molar-refractivity contribution in [3.63, 3.8) is 0 Å². The molecule has 2 N–H and O–H groups in total. The van der Waals surface area contributed by atoms with Crippen LogP contribution in [-0.4, -0.2) is 6.54 Å². The molecule has 1 aromatic rings. The molecule has 0 atom stereocenters. The predicted molar refractivity (Wildman–Crippen MR) is 55.2 cm³/mol. The molecule has 0 saturated carbocycles. The third-order valence-corrected chi connectivity index (χ3v) is 2.01. The Morgan fingerprint density at radius 3 is 2.62 bits per heavy atom. The van der Waals surface area contributed by atoms with Gasteiger partial charge >= 0.3 is 0 Å². The van der Waals surface area contributed by atoms with Crippen LogP contribution in [0, 0.1) is 0 Å². The van der Waals surface area contributed by atoms with Gasteiger partial charge in [0.15, 0.2) is 0 Å². The lowest BCUT2D eigenvalue weighted by Crippen LogP contribution is -2.20. The Kier molecular flexibility index (Phi) is 2.04. The summed E-state index contributed by atoms with van der Waals surface area (Å²) in [5.74, 6) is 0. The van der Waals surface area contributed by atoms with Crippen LogP contribution >= 0.6 is 0 Å². The van der Waals surface area contributed by atoms with E-state index in [2.05, 4.69) is 23.1 Å². The molecule has 0 aliphatic carbocycles. The maximum atomic E-state index is 5.70. The second kappa shape index (κ2) is 3.35. The van der Waals surface area contributed by atoms with E-state index in [0.29, 0.717) is 0 Å². The van der Waals surface area contributed by atoms with Crippen LogP contribution in [0.5, 0.6) is 0 Å². The van der Waals surface area contributed by atoms with Crippen LogP contribution in [0.1, 0.15) is 0 Å².